The zero-order chi connectivity index (χ0) is 9.10. The van der Waals surface area contributed by atoms with Crippen molar-refractivity contribution in [3.05, 3.63) is 35.2 Å². The highest BCUT2D eigenvalue weighted by molar-refractivity contribution is 7.03. The topological polar surface area (TPSA) is 51.0 Å². The van der Waals surface area contributed by atoms with Crippen LogP contribution in [-0.4, -0.2) is 16.6 Å². The molecule has 0 bridgehead atoms. The quantitative estimate of drug-likeness (QED) is 0.805. The lowest BCUT2D eigenvalue weighted by molar-refractivity contribution is 0.458. The van der Waals surface area contributed by atoms with Crippen molar-refractivity contribution in [1.82, 2.24) is 14.9 Å². The van der Waals surface area contributed by atoms with Gasteiger partial charge in [0.1, 0.15) is 17.5 Å². The molecule has 2 heterocycles. The van der Waals surface area contributed by atoms with Gasteiger partial charge in [-0.25, -0.2) is 0 Å². The van der Waals surface area contributed by atoms with Crippen molar-refractivity contribution in [3.8, 4) is 0 Å². The average Bonchev–Trinajstić information content (AvgIpc) is 2.76. The van der Waals surface area contributed by atoms with E-state index in [9.17, 15) is 0 Å². The maximum absolute atomic E-state index is 5.28. The summed E-state index contributed by atoms with van der Waals surface area (Å²) in [5.41, 5.74) is 0.891. The molecule has 2 aromatic heterocycles. The zero-order valence-electron chi connectivity index (χ0n) is 7.10. The van der Waals surface area contributed by atoms with Crippen LogP contribution in [0, 0.1) is 0 Å². The Balaban J connectivity index is 2.29. The molecule has 0 aliphatic carbocycles. The third-order valence-electron chi connectivity index (χ3n) is 1.79. The Labute approximate surface area is 79.8 Å². The number of nitrogens with zero attached hydrogens (tertiary/aromatic N) is 2. The van der Waals surface area contributed by atoms with Gasteiger partial charge in [0.15, 0.2) is 0 Å². The second-order valence-electron chi connectivity index (χ2n) is 2.57. The van der Waals surface area contributed by atoms with Crippen LogP contribution in [-0.2, 0) is 0 Å². The normalized spacial score (nSPS) is 13.0. The molecule has 1 N–H and O–H groups in total. The van der Waals surface area contributed by atoms with Crippen LogP contribution < -0.4 is 5.32 Å². The highest BCUT2D eigenvalue weighted by atomic mass is 32.1. The molecule has 0 spiro atoms. The lowest BCUT2D eigenvalue weighted by Gasteiger charge is -2.08. The predicted octanol–water partition coefficient (Wildman–Crippen LogP) is 1.44. The van der Waals surface area contributed by atoms with Crippen LogP contribution in [0.15, 0.2) is 28.2 Å². The summed E-state index contributed by atoms with van der Waals surface area (Å²) in [6.07, 6.45) is 1.65. The molecule has 0 radical (unpaired) electrons. The molecule has 0 aromatic carbocycles. The third-order valence-corrected chi connectivity index (χ3v) is 2.31. The lowest BCUT2D eigenvalue weighted by Crippen LogP contribution is -2.17. The Bertz CT molecular complexity index is 309. The Morgan fingerprint density at radius 1 is 1.62 bits per heavy atom. The van der Waals surface area contributed by atoms with E-state index >= 15 is 0 Å². The molecule has 1 atom stereocenters. The van der Waals surface area contributed by atoms with Crippen LogP contribution in [0.1, 0.15) is 17.5 Å². The van der Waals surface area contributed by atoms with Gasteiger partial charge in [0.2, 0.25) is 0 Å². The summed E-state index contributed by atoms with van der Waals surface area (Å²) in [7, 11) is 1.87. The molecule has 4 nitrogen and oxygen atoms in total. The summed E-state index contributed by atoms with van der Waals surface area (Å²) in [5, 5.41) is 9.01. The predicted molar refractivity (Wildman–Crippen MR) is 49.5 cm³/mol. The minimum absolute atomic E-state index is 0.00810. The molecule has 0 saturated heterocycles. The van der Waals surface area contributed by atoms with Gasteiger partial charge in [0.25, 0.3) is 0 Å². The van der Waals surface area contributed by atoms with E-state index in [1.54, 1.807) is 6.26 Å². The second kappa shape index (κ2) is 3.68. The van der Waals surface area contributed by atoms with E-state index in [2.05, 4.69) is 14.9 Å². The Morgan fingerprint density at radius 3 is 3.08 bits per heavy atom. The largest absolute Gasteiger partial charge is 0.467 e. The van der Waals surface area contributed by atoms with Crippen LogP contribution in [0.5, 0.6) is 0 Å². The summed E-state index contributed by atoms with van der Waals surface area (Å²) in [4.78, 5) is 0. The van der Waals surface area contributed by atoms with E-state index in [1.165, 1.54) is 11.5 Å². The molecule has 1 unspecified atom stereocenters. The summed E-state index contributed by atoms with van der Waals surface area (Å²) >= 11 is 1.34. The number of hydrogen-bond donors (Lipinski definition) is 1. The first kappa shape index (κ1) is 8.40. The van der Waals surface area contributed by atoms with E-state index in [0.717, 1.165) is 11.5 Å². The molecule has 0 amide bonds. The second-order valence-corrected chi connectivity index (χ2v) is 3.18. The van der Waals surface area contributed by atoms with Crippen molar-refractivity contribution < 1.29 is 4.42 Å². The Hall–Kier alpha value is -1.20. The van der Waals surface area contributed by atoms with Gasteiger partial charge in [0, 0.05) is 5.38 Å². The molecule has 0 aliphatic rings. The first-order chi connectivity index (χ1) is 6.42. The Morgan fingerprint density at radius 2 is 2.54 bits per heavy atom. The lowest BCUT2D eigenvalue weighted by atomic mass is 10.2. The van der Waals surface area contributed by atoms with Crippen molar-refractivity contribution >= 4 is 11.5 Å². The summed E-state index contributed by atoms with van der Waals surface area (Å²) in [6.45, 7) is 0. The number of nitrogens with one attached hydrogen (secondary N) is 1. The van der Waals surface area contributed by atoms with Gasteiger partial charge < -0.3 is 9.73 Å². The van der Waals surface area contributed by atoms with Gasteiger partial charge in [-0.2, -0.15) is 0 Å². The molecule has 0 fully saturated rings. The van der Waals surface area contributed by atoms with Crippen molar-refractivity contribution in [2.45, 2.75) is 6.04 Å². The monoisotopic (exact) mass is 195 g/mol. The fraction of sp³-hybridized carbons (Fsp3) is 0.250. The molecule has 0 aliphatic heterocycles. The minimum Gasteiger partial charge on any atom is -0.467 e. The van der Waals surface area contributed by atoms with Crippen LogP contribution in [0.2, 0.25) is 0 Å². The third kappa shape index (κ3) is 1.61. The maximum Gasteiger partial charge on any atom is 0.126 e. The number of furan rings is 1. The first-order valence-corrected chi connectivity index (χ1v) is 4.73. The molecular formula is C8H9N3OS. The van der Waals surface area contributed by atoms with Crippen LogP contribution in [0.25, 0.3) is 0 Å². The van der Waals surface area contributed by atoms with Gasteiger partial charge in [-0.3, -0.25) is 0 Å². The van der Waals surface area contributed by atoms with Gasteiger partial charge in [-0.15, -0.1) is 5.10 Å². The molecule has 13 heavy (non-hydrogen) atoms. The molecule has 68 valence electrons. The fourth-order valence-corrected chi connectivity index (χ4v) is 1.67. The van der Waals surface area contributed by atoms with Gasteiger partial charge >= 0.3 is 0 Å². The molecule has 5 heteroatoms. The minimum atomic E-state index is 0.00810. The number of hydrogen-bond acceptors (Lipinski definition) is 5. The molecule has 0 saturated carbocycles. The van der Waals surface area contributed by atoms with E-state index in [-0.39, 0.29) is 6.04 Å². The van der Waals surface area contributed by atoms with Crippen molar-refractivity contribution in [3.63, 3.8) is 0 Å². The summed E-state index contributed by atoms with van der Waals surface area (Å²) in [6, 6.07) is 3.79. The van der Waals surface area contributed by atoms with Gasteiger partial charge in [-0.1, -0.05) is 4.49 Å². The van der Waals surface area contributed by atoms with Gasteiger partial charge in [0.05, 0.1) is 6.26 Å². The SMILES string of the molecule is CNC(c1csnn1)c1ccco1. The standard InChI is InChI=1S/C8H9N3OS/c1-9-8(6-5-13-11-10-6)7-3-2-4-12-7/h2-5,8-9H,1H3. The fourth-order valence-electron chi connectivity index (χ4n) is 1.19. The van der Waals surface area contributed by atoms with Crippen molar-refractivity contribution in [1.29, 1.82) is 0 Å². The molecular weight excluding hydrogens is 186 g/mol. The first-order valence-electron chi connectivity index (χ1n) is 3.89. The average molecular weight is 195 g/mol. The van der Waals surface area contributed by atoms with Crippen molar-refractivity contribution in [2.75, 3.05) is 7.05 Å². The van der Waals surface area contributed by atoms with E-state index in [4.69, 9.17) is 4.42 Å². The maximum atomic E-state index is 5.28. The summed E-state index contributed by atoms with van der Waals surface area (Å²) in [5.74, 6) is 0.857. The summed E-state index contributed by atoms with van der Waals surface area (Å²) < 4.78 is 9.10. The number of aromatic nitrogens is 2. The molecule has 2 rings (SSSR count). The van der Waals surface area contributed by atoms with E-state index in [1.807, 2.05) is 24.6 Å². The Kier molecular flexibility index (Phi) is 2.37. The number of rotatable bonds is 3. The van der Waals surface area contributed by atoms with Gasteiger partial charge in [-0.05, 0) is 30.7 Å². The van der Waals surface area contributed by atoms with Crippen LogP contribution >= 0.6 is 11.5 Å². The van der Waals surface area contributed by atoms with E-state index < -0.39 is 0 Å². The van der Waals surface area contributed by atoms with E-state index in [0.29, 0.717) is 0 Å². The van der Waals surface area contributed by atoms with Crippen LogP contribution in [0.3, 0.4) is 0 Å². The zero-order valence-corrected chi connectivity index (χ0v) is 7.91. The highest BCUT2D eigenvalue weighted by Gasteiger charge is 2.16. The molecule has 2 aromatic rings. The smallest absolute Gasteiger partial charge is 0.126 e. The van der Waals surface area contributed by atoms with Crippen LogP contribution in [0.4, 0.5) is 0 Å². The highest BCUT2D eigenvalue weighted by Crippen LogP contribution is 2.20. The van der Waals surface area contributed by atoms with Crippen molar-refractivity contribution in [2.24, 2.45) is 0 Å².